The Labute approximate surface area is 160 Å². The number of rotatable bonds is 16. The van der Waals surface area contributed by atoms with Gasteiger partial charge in [0, 0.05) is 12.2 Å². The standard InChI is InChI=1S/C18H36O.C4H3NO2/c1-3-5-6-7-8-9-10-11-12-13-14-15-16-17-18-19-4-2;6-3-1-2-4(7)5-3/h4H,2-3,5-18H2,1H3;1-2H,(H,5,6,7). The van der Waals surface area contributed by atoms with Gasteiger partial charge >= 0.3 is 0 Å². The first kappa shape index (κ1) is 24.4. The summed E-state index contributed by atoms with van der Waals surface area (Å²) in [5.41, 5.74) is 0. The lowest BCUT2D eigenvalue weighted by Crippen LogP contribution is -2.19. The molecule has 1 aliphatic rings. The van der Waals surface area contributed by atoms with Gasteiger partial charge in [-0.2, -0.15) is 0 Å². The molecule has 1 rings (SSSR count). The third kappa shape index (κ3) is 18.8. The Hall–Kier alpha value is -1.58. The van der Waals surface area contributed by atoms with E-state index in [0.29, 0.717) is 0 Å². The number of unbranched alkanes of at least 4 members (excludes halogenated alkanes) is 13. The van der Waals surface area contributed by atoms with Gasteiger partial charge in [-0.15, -0.1) is 0 Å². The molecule has 1 heterocycles. The second-order valence-electron chi connectivity index (χ2n) is 6.82. The minimum absolute atomic E-state index is 0.329. The van der Waals surface area contributed by atoms with Crippen LogP contribution >= 0.6 is 0 Å². The minimum atomic E-state index is -0.329. The van der Waals surface area contributed by atoms with E-state index in [1.807, 2.05) is 5.32 Å². The van der Waals surface area contributed by atoms with Gasteiger partial charge in [-0.3, -0.25) is 14.9 Å². The highest BCUT2D eigenvalue weighted by Gasteiger charge is 2.06. The Morgan fingerprint density at radius 1 is 0.769 bits per heavy atom. The number of hydrogen-bond acceptors (Lipinski definition) is 3. The zero-order chi connectivity index (χ0) is 19.3. The molecule has 2 amide bonds. The van der Waals surface area contributed by atoms with Crippen LogP contribution in [0.3, 0.4) is 0 Å². The highest BCUT2D eigenvalue weighted by molar-refractivity contribution is 6.12. The van der Waals surface area contributed by atoms with E-state index in [0.717, 1.165) is 6.61 Å². The lowest BCUT2D eigenvalue weighted by Gasteiger charge is -2.03. The highest BCUT2D eigenvalue weighted by atomic mass is 16.5. The molecule has 0 saturated carbocycles. The van der Waals surface area contributed by atoms with Crippen molar-refractivity contribution in [1.29, 1.82) is 0 Å². The Bertz CT molecular complexity index is 375. The van der Waals surface area contributed by atoms with Crippen LogP contribution in [0.4, 0.5) is 0 Å². The van der Waals surface area contributed by atoms with Crippen LogP contribution in [-0.2, 0) is 14.3 Å². The maximum atomic E-state index is 10.0. The summed E-state index contributed by atoms with van der Waals surface area (Å²) in [5.74, 6) is -0.657. The first-order chi connectivity index (χ1) is 12.7. The van der Waals surface area contributed by atoms with Crippen molar-refractivity contribution in [1.82, 2.24) is 5.32 Å². The van der Waals surface area contributed by atoms with Crippen LogP contribution in [0.15, 0.2) is 25.0 Å². The van der Waals surface area contributed by atoms with Crippen molar-refractivity contribution in [3.8, 4) is 0 Å². The van der Waals surface area contributed by atoms with Gasteiger partial charge in [0.2, 0.25) is 0 Å². The lowest BCUT2D eigenvalue weighted by atomic mass is 10.0. The van der Waals surface area contributed by atoms with Gasteiger partial charge in [-0.25, -0.2) is 0 Å². The number of imide groups is 1. The number of hydrogen-bond donors (Lipinski definition) is 1. The number of carbonyl (C=O) groups is 2. The van der Waals surface area contributed by atoms with E-state index in [4.69, 9.17) is 4.74 Å². The fraction of sp³-hybridized carbons (Fsp3) is 0.727. The van der Waals surface area contributed by atoms with Crippen LogP contribution in [0.2, 0.25) is 0 Å². The summed E-state index contributed by atoms with van der Waals surface area (Å²) in [6, 6.07) is 0. The van der Waals surface area contributed by atoms with Crippen LogP contribution in [0.25, 0.3) is 0 Å². The van der Waals surface area contributed by atoms with Gasteiger partial charge in [0.25, 0.3) is 11.8 Å². The van der Waals surface area contributed by atoms with Gasteiger partial charge in [-0.05, 0) is 6.42 Å². The van der Waals surface area contributed by atoms with E-state index >= 15 is 0 Å². The van der Waals surface area contributed by atoms with Gasteiger partial charge in [0.05, 0.1) is 12.9 Å². The van der Waals surface area contributed by atoms with E-state index in [1.165, 1.54) is 102 Å². The Morgan fingerprint density at radius 2 is 1.15 bits per heavy atom. The van der Waals surface area contributed by atoms with E-state index in [2.05, 4.69) is 13.5 Å². The van der Waals surface area contributed by atoms with Crippen molar-refractivity contribution < 1.29 is 14.3 Å². The summed E-state index contributed by atoms with van der Waals surface area (Å²) in [6.45, 7) is 6.67. The largest absolute Gasteiger partial charge is 0.502 e. The third-order valence-corrected chi connectivity index (χ3v) is 4.37. The third-order valence-electron chi connectivity index (χ3n) is 4.37. The Morgan fingerprint density at radius 3 is 1.46 bits per heavy atom. The molecule has 0 atom stereocenters. The molecular weight excluding hydrogens is 326 g/mol. The average molecular weight is 366 g/mol. The van der Waals surface area contributed by atoms with E-state index in [1.54, 1.807) is 6.26 Å². The second-order valence-corrected chi connectivity index (χ2v) is 6.82. The van der Waals surface area contributed by atoms with Gasteiger partial charge in [-0.1, -0.05) is 97.0 Å². The zero-order valence-corrected chi connectivity index (χ0v) is 16.8. The molecule has 26 heavy (non-hydrogen) atoms. The number of nitrogens with one attached hydrogen (secondary N) is 1. The molecule has 0 aromatic carbocycles. The molecule has 4 nitrogen and oxygen atoms in total. The molecule has 0 bridgehead atoms. The quantitative estimate of drug-likeness (QED) is 0.213. The molecule has 0 aliphatic carbocycles. The number of carbonyl (C=O) groups excluding carboxylic acids is 2. The van der Waals surface area contributed by atoms with Crippen molar-refractivity contribution >= 4 is 11.8 Å². The molecule has 0 spiro atoms. The normalized spacial score (nSPS) is 12.5. The van der Waals surface area contributed by atoms with Gasteiger partial charge in [0.15, 0.2) is 0 Å². The molecule has 0 unspecified atom stereocenters. The van der Waals surface area contributed by atoms with Gasteiger partial charge in [0.1, 0.15) is 0 Å². The molecule has 1 N–H and O–H groups in total. The Kier molecular flexibility index (Phi) is 18.5. The van der Waals surface area contributed by atoms with Crippen molar-refractivity contribution in [3.63, 3.8) is 0 Å². The topological polar surface area (TPSA) is 55.4 Å². The van der Waals surface area contributed by atoms with Crippen molar-refractivity contribution in [2.24, 2.45) is 0 Å². The maximum Gasteiger partial charge on any atom is 0.250 e. The number of ether oxygens (including phenoxy) is 1. The summed E-state index contributed by atoms with van der Waals surface area (Å²) in [5, 5.41) is 2.03. The molecular formula is C22H39NO3. The molecule has 0 fully saturated rings. The van der Waals surface area contributed by atoms with Gasteiger partial charge < -0.3 is 4.74 Å². The molecule has 150 valence electrons. The lowest BCUT2D eigenvalue weighted by molar-refractivity contribution is -0.123. The predicted octanol–water partition coefficient (Wildman–Crippen LogP) is 5.83. The first-order valence-corrected chi connectivity index (χ1v) is 10.5. The van der Waals surface area contributed by atoms with Crippen LogP contribution in [0.1, 0.15) is 96.8 Å². The van der Waals surface area contributed by atoms with Crippen molar-refractivity contribution in [2.45, 2.75) is 96.8 Å². The van der Waals surface area contributed by atoms with Crippen LogP contribution in [-0.4, -0.2) is 18.4 Å². The van der Waals surface area contributed by atoms with Crippen LogP contribution < -0.4 is 5.32 Å². The molecule has 0 aromatic heterocycles. The Balaban J connectivity index is 0.000000735. The second kappa shape index (κ2) is 19.7. The zero-order valence-electron chi connectivity index (χ0n) is 16.8. The smallest absolute Gasteiger partial charge is 0.250 e. The highest BCUT2D eigenvalue weighted by Crippen LogP contribution is 2.12. The molecule has 0 aromatic rings. The van der Waals surface area contributed by atoms with E-state index < -0.39 is 0 Å². The SMILES string of the molecule is C=COCCCCCCCCCCCCCCCC.O=C1C=CC(=O)N1. The minimum Gasteiger partial charge on any atom is -0.502 e. The molecule has 0 radical (unpaired) electrons. The van der Waals surface area contributed by atoms with E-state index in [9.17, 15) is 9.59 Å². The number of amides is 2. The van der Waals surface area contributed by atoms with Crippen molar-refractivity contribution in [2.75, 3.05) is 6.61 Å². The van der Waals surface area contributed by atoms with Crippen LogP contribution in [0, 0.1) is 0 Å². The summed E-state index contributed by atoms with van der Waals surface area (Å²) in [6.07, 6.45) is 23.6. The first-order valence-electron chi connectivity index (χ1n) is 10.5. The molecule has 0 saturated heterocycles. The monoisotopic (exact) mass is 365 g/mol. The van der Waals surface area contributed by atoms with Crippen LogP contribution in [0.5, 0.6) is 0 Å². The maximum absolute atomic E-state index is 10.0. The average Bonchev–Trinajstić information content (AvgIpc) is 3.02. The fourth-order valence-electron chi connectivity index (χ4n) is 2.82. The molecule has 1 aliphatic heterocycles. The fourth-order valence-corrected chi connectivity index (χ4v) is 2.82. The summed E-state index contributed by atoms with van der Waals surface area (Å²) in [7, 11) is 0. The summed E-state index contributed by atoms with van der Waals surface area (Å²) in [4.78, 5) is 20.1. The molecule has 4 heteroatoms. The predicted molar refractivity (Wildman–Crippen MR) is 109 cm³/mol. The van der Waals surface area contributed by atoms with E-state index in [-0.39, 0.29) is 11.8 Å². The van der Waals surface area contributed by atoms with Crippen molar-refractivity contribution in [3.05, 3.63) is 25.0 Å². The summed E-state index contributed by atoms with van der Waals surface area (Å²) >= 11 is 0. The summed E-state index contributed by atoms with van der Waals surface area (Å²) < 4.78 is 5.10.